The van der Waals surface area contributed by atoms with Gasteiger partial charge in [-0.1, -0.05) is 13.3 Å². The lowest BCUT2D eigenvalue weighted by molar-refractivity contribution is -0.124. The molecule has 104 valence electrons. The van der Waals surface area contributed by atoms with Crippen LogP contribution in [0.15, 0.2) is 18.2 Å². The number of unbranched alkanes of at least 4 members (excludes halogenated alkanes) is 1. The van der Waals surface area contributed by atoms with Crippen LogP contribution in [0.4, 0.5) is 14.5 Å². The molecule has 0 fully saturated rings. The fraction of sp³-hybridized carbons (Fsp3) is 0.385. The summed E-state index contributed by atoms with van der Waals surface area (Å²) in [5, 5.41) is 4.81. The predicted octanol–water partition coefficient (Wildman–Crippen LogP) is 2.21. The molecule has 2 N–H and O–H groups in total. The average molecular weight is 270 g/mol. The van der Waals surface area contributed by atoms with Crippen LogP contribution in [0.25, 0.3) is 0 Å². The first-order chi connectivity index (χ1) is 9.02. The quantitative estimate of drug-likeness (QED) is 0.832. The summed E-state index contributed by atoms with van der Waals surface area (Å²) in [6.45, 7) is 1.77. The van der Waals surface area contributed by atoms with E-state index < -0.39 is 17.5 Å². The number of carbonyl (C=O) groups excluding carboxylic acids is 2. The van der Waals surface area contributed by atoms with Crippen molar-refractivity contribution in [2.24, 2.45) is 0 Å². The molecule has 0 aromatic heterocycles. The van der Waals surface area contributed by atoms with E-state index in [1.807, 2.05) is 6.92 Å². The minimum absolute atomic E-state index is 0.145. The number of hydrogen-bond donors (Lipinski definition) is 2. The van der Waals surface area contributed by atoms with Gasteiger partial charge in [-0.3, -0.25) is 9.59 Å². The second kappa shape index (κ2) is 7.45. The van der Waals surface area contributed by atoms with E-state index >= 15 is 0 Å². The number of halogens is 2. The number of nitrogens with one attached hydrogen (secondary N) is 2. The Balaban J connectivity index is 2.38. The van der Waals surface area contributed by atoms with Crippen LogP contribution >= 0.6 is 0 Å². The number of rotatable bonds is 6. The maximum atomic E-state index is 12.9. The van der Waals surface area contributed by atoms with Crippen molar-refractivity contribution in [1.29, 1.82) is 0 Å². The van der Waals surface area contributed by atoms with Crippen LogP contribution in [0.3, 0.4) is 0 Å². The molecule has 0 saturated carbocycles. The topological polar surface area (TPSA) is 58.2 Å². The molecule has 0 spiro atoms. The highest BCUT2D eigenvalue weighted by atomic mass is 19.2. The summed E-state index contributed by atoms with van der Waals surface area (Å²) in [5.41, 5.74) is 0.145. The number of anilines is 1. The Morgan fingerprint density at radius 1 is 1.16 bits per heavy atom. The summed E-state index contributed by atoms with van der Waals surface area (Å²) in [7, 11) is 0. The number of amides is 2. The van der Waals surface area contributed by atoms with Crippen LogP contribution < -0.4 is 10.6 Å². The van der Waals surface area contributed by atoms with Gasteiger partial charge in [0, 0.05) is 18.2 Å². The molecule has 0 aliphatic heterocycles. The maximum Gasteiger partial charge on any atom is 0.243 e. The van der Waals surface area contributed by atoms with Gasteiger partial charge in [-0.15, -0.1) is 0 Å². The van der Waals surface area contributed by atoms with E-state index in [0.29, 0.717) is 6.42 Å². The van der Waals surface area contributed by atoms with Crippen molar-refractivity contribution >= 4 is 17.5 Å². The van der Waals surface area contributed by atoms with Crippen molar-refractivity contribution in [1.82, 2.24) is 5.32 Å². The van der Waals surface area contributed by atoms with E-state index in [1.165, 1.54) is 6.07 Å². The fourth-order valence-corrected chi connectivity index (χ4v) is 1.38. The van der Waals surface area contributed by atoms with E-state index in [1.54, 1.807) is 0 Å². The van der Waals surface area contributed by atoms with Crippen molar-refractivity contribution in [3.05, 3.63) is 29.8 Å². The van der Waals surface area contributed by atoms with Gasteiger partial charge < -0.3 is 10.6 Å². The Morgan fingerprint density at radius 3 is 2.53 bits per heavy atom. The van der Waals surface area contributed by atoms with Crippen LogP contribution in [0.2, 0.25) is 0 Å². The summed E-state index contributed by atoms with van der Waals surface area (Å²) >= 11 is 0. The monoisotopic (exact) mass is 270 g/mol. The highest BCUT2D eigenvalue weighted by molar-refractivity contribution is 5.94. The normalized spacial score (nSPS) is 10.1. The molecule has 1 rings (SSSR count). The zero-order valence-electron chi connectivity index (χ0n) is 10.6. The second-order valence-electron chi connectivity index (χ2n) is 4.06. The van der Waals surface area contributed by atoms with Crippen molar-refractivity contribution in [2.45, 2.75) is 26.2 Å². The third-order valence-corrected chi connectivity index (χ3v) is 2.41. The highest BCUT2D eigenvalue weighted by Gasteiger charge is 2.07. The zero-order chi connectivity index (χ0) is 14.3. The summed E-state index contributed by atoms with van der Waals surface area (Å²) in [6.07, 6.45) is 2.03. The first-order valence-corrected chi connectivity index (χ1v) is 6.04. The third-order valence-electron chi connectivity index (χ3n) is 2.41. The van der Waals surface area contributed by atoms with Gasteiger partial charge >= 0.3 is 0 Å². The van der Waals surface area contributed by atoms with Gasteiger partial charge in [0.25, 0.3) is 0 Å². The van der Waals surface area contributed by atoms with Gasteiger partial charge in [0.15, 0.2) is 11.6 Å². The summed E-state index contributed by atoms with van der Waals surface area (Å²) in [5.74, 6) is -2.71. The van der Waals surface area contributed by atoms with Crippen molar-refractivity contribution < 1.29 is 18.4 Å². The Kier molecular flexibility index (Phi) is 5.92. The molecule has 6 heteroatoms. The molecule has 0 radical (unpaired) electrons. The smallest absolute Gasteiger partial charge is 0.243 e. The first-order valence-electron chi connectivity index (χ1n) is 6.04. The Morgan fingerprint density at radius 2 is 1.89 bits per heavy atom. The van der Waals surface area contributed by atoms with E-state index in [0.717, 1.165) is 25.0 Å². The van der Waals surface area contributed by atoms with Gasteiger partial charge in [-0.2, -0.15) is 0 Å². The molecule has 0 aliphatic rings. The molecule has 2 amide bonds. The molecule has 19 heavy (non-hydrogen) atoms. The van der Waals surface area contributed by atoms with Gasteiger partial charge in [-0.25, -0.2) is 8.78 Å². The molecular formula is C13H16F2N2O2. The molecule has 0 atom stereocenters. The van der Waals surface area contributed by atoms with Crippen LogP contribution in [-0.2, 0) is 9.59 Å². The van der Waals surface area contributed by atoms with Gasteiger partial charge in [0.1, 0.15) is 0 Å². The van der Waals surface area contributed by atoms with Gasteiger partial charge in [0.2, 0.25) is 11.8 Å². The summed E-state index contributed by atoms with van der Waals surface area (Å²) in [4.78, 5) is 22.7. The molecule has 0 bridgehead atoms. The molecule has 0 saturated heterocycles. The third kappa shape index (κ3) is 5.46. The average Bonchev–Trinajstić information content (AvgIpc) is 2.38. The van der Waals surface area contributed by atoms with E-state index in [9.17, 15) is 18.4 Å². The largest absolute Gasteiger partial charge is 0.347 e. The molecular weight excluding hydrogens is 254 g/mol. The second-order valence-corrected chi connectivity index (χ2v) is 4.06. The lowest BCUT2D eigenvalue weighted by atomic mass is 10.2. The Bertz CT molecular complexity index is 464. The molecule has 0 unspecified atom stereocenters. The van der Waals surface area contributed by atoms with Crippen molar-refractivity contribution in [3.63, 3.8) is 0 Å². The molecule has 0 heterocycles. The SMILES string of the molecule is CCCCC(=O)NCC(=O)Nc1ccc(F)c(F)c1. The highest BCUT2D eigenvalue weighted by Crippen LogP contribution is 2.12. The fourth-order valence-electron chi connectivity index (χ4n) is 1.38. The molecule has 0 aliphatic carbocycles. The maximum absolute atomic E-state index is 12.9. The summed E-state index contributed by atoms with van der Waals surface area (Å²) in [6, 6.07) is 3.05. The van der Waals surface area contributed by atoms with Gasteiger partial charge in [0.05, 0.1) is 6.54 Å². The lowest BCUT2D eigenvalue weighted by Gasteiger charge is -2.07. The molecule has 4 nitrogen and oxygen atoms in total. The minimum atomic E-state index is -1.04. The van der Waals surface area contributed by atoms with Crippen molar-refractivity contribution in [3.8, 4) is 0 Å². The van der Waals surface area contributed by atoms with E-state index in [-0.39, 0.29) is 18.1 Å². The number of carbonyl (C=O) groups is 2. The van der Waals surface area contributed by atoms with Gasteiger partial charge in [-0.05, 0) is 18.6 Å². The van der Waals surface area contributed by atoms with Crippen LogP contribution in [0, 0.1) is 11.6 Å². The number of hydrogen-bond acceptors (Lipinski definition) is 2. The van der Waals surface area contributed by atoms with Crippen LogP contribution in [0.5, 0.6) is 0 Å². The first kappa shape index (κ1) is 15.1. The van der Waals surface area contributed by atoms with Crippen molar-refractivity contribution in [2.75, 3.05) is 11.9 Å². The zero-order valence-corrected chi connectivity index (χ0v) is 10.6. The standard InChI is InChI=1S/C13H16F2N2O2/c1-2-3-4-12(18)16-8-13(19)17-9-5-6-10(14)11(15)7-9/h5-7H,2-4,8H2,1H3,(H,16,18)(H,17,19). The van der Waals surface area contributed by atoms with Crippen LogP contribution in [-0.4, -0.2) is 18.4 Å². The Labute approximate surface area is 110 Å². The van der Waals surface area contributed by atoms with E-state index in [4.69, 9.17) is 0 Å². The van der Waals surface area contributed by atoms with Crippen LogP contribution in [0.1, 0.15) is 26.2 Å². The summed E-state index contributed by atoms with van der Waals surface area (Å²) < 4.78 is 25.6. The predicted molar refractivity (Wildman–Crippen MR) is 67.5 cm³/mol. The Hall–Kier alpha value is -1.98. The molecule has 1 aromatic carbocycles. The lowest BCUT2D eigenvalue weighted by Crippen LogP contribution is -2.32. The van der Waals surface area contributed by atoms with E-state index in [2.05, 4.69) is 10.6 Å². The minimum Gasteiger partial charge on any atom is -0.347 e. The number of benzene rings is 1. The molecule has 1 aromatic rings.